The van der Waals surface area contributed by atoms with Crippen molar-refractivity contribution in [3.8, 4) is 0 Å². The lowest BCUT2D eigenvalue weighted by Crippen LogP contribution is -2.31. The summed E-state index contributed by atoms with van der Waals surface area (Å²) in [6, 6.07) is 7.01. The largest absolute Gasteiger partial charge is 0.372 e. The Bertz CT molecular complexity index is 394. The third kappa shape index (κ3) is 1.32. The van der Waals surface area contributed by atoms with Gasteiger partial charge in [-0.15, -0.1) is 0 Å². The lowest BCUT2D eigenvalue weighted by Gasteiger charge is -2.20. The molecule has 1 heterocycles. The Labute approximate surface area is 90.4 Å². The van der Waals surface area contributed by atoms with Crippen LogP contribution in [-0.2, 0) is 23.4 Å². The third-order valence-electron chi connectivity index (χ3n) is 3.96. The first-order valence-electron chi connectivity index (χ1n) is 5.68. The molecule has 1 aromatic carbocycles. The highest BCUT2D eigenvalue weighted by Crippen LogP contribution is 2.50. The molecule has 2 aliphatic rings. The molecule has 0 saturated heterocycles. The number of hydrogen-bond acceptors (Lipinski definition) is 2. The summed E-state index contributed by atoms with van der Waals surface area (Å²) in [6.07, 6.45) is 2.48. The topological polar surface area (TPSA) is 35.2 Å². The van der Waals surface area contributed by atoms with Crippen molar-refractivity contribution in [3.05, 3.63) is 34.9 Å². The van der Waals surface area contributed by atoms with Crippen LogP contribution in [0.4, 0.5) is 0 Å². The van der Waals surface area contributed by atoms with Crippen LogP contribution >= 0.6 is 0 Å². The lowest BCUT2D eigenvalue weighted by molar-refractivity contribution is 0.134. The smallest absolute Gasteiger partial charge is 0.0725 e. The van der Waals surface area contributed by atoms with Crippen LogP contribution in [-0.4, -0.2) is 6.04 Å². The van der Waals surface area contributed by atoms with Gasteiger partial charge in [-0.25, -0.2) is 0 Å². The van der Waals surface area contributed by atoms with Gasteiger partial charge in [0.25, 0.3) is 0 Å². The zero-order valence-corrected chi connectivity index (χ0v) is 9.12. The fraction of sp³-hybridized carbons (Fsp3) is 0.538. The minimum Gasteiger partial charge on any atom is -0.372 e. The number of benzene rings is 1. The fourth-order valence-corrected chi connectivity index (χ4v) is 2.62. The second kappa shape index (κ2) is 3.06. The predicted octanol–water partition coefficient (Wildman–Crippen LogP) is 2.10. The van der Waals surface area contributed by atoms with Gasteiger partial charge in [0.1, 0.15) is 0 Å². The van der Waals surface area contributed by atoms with Crippen molar-refractivity contribution in [2.75, 3.05) is 0 Å². The first-order chi connectivity index (χ1) is 7.22. The van der Waals surface area contributed by atoms with Crippen LogP contribution in [0.3, 0.4) is 0 Å². The molecule has 15 heavy (non-hydrogen) atoms. The Kier molecular flexibility index (Phi) is 1.91. The summed E-state index contributed by atoms with van der Waals surface area (Å²) < 4.78 is 5.43. The molecule has 1 aliphatic heterocycles. The zero-order valence-electron chi connectivity index (χ0n) is 9.12. The molecule has 0 radical (unpaired) electrons. The molecule has 2 N–H and O–H groups in total. The number of hydrogen-bond donors (Lipinski definition) is 1. The van der Waals surface area contributed by atoms with Crippen molar-refractivity contribution >= 4 is 0 Å². The summed E-state index contributed by atoms with van der Waals surface area (Å²) in [4.78, 5) is 0. The minimum absolute atomic E-state index is 0.262. The number of ether oxygens (including phenoxy) is 1. The maximum absolute atomic E-state index is 6.08. The molecule has 1 unspecified atom stereocenters. The highest BCUT2D eigenvalue weighted by Gasteiger charge is 2.47. The van der Waals surface area contributed by atoms with Gasteiger partial charge in [-0.2, -0.15) is 0 Å². The minimum atomic E-state index is 0.262. The molecule has 80 valence electrons. The van der Waals surface area contributed by atoms with Gasteiger partial charge < -0.3 is 10.5 Å². The van der Waals surface area contributed by atoms with E-state index in [0.29, 0.717) is 0 Å². The van der Waals surface area contributed by atoms with Crippen LogP contribution in [0.5, 0.6) is 0 Å². The van der Waals surface area contributed by atoms with Crippen LogP contribution in [0.25, 0.3) is 0 Å². The van der Waals surface area contributed by atoms with Crippen molar-refractivity contribution in [1.29, 1.82) is 0 Å². The molecule has 0 spiro atoms. The third-order valence-corrected chi connectivity index (χ3v) is 3.96. The predicted molar refractivity (Wildman–Crippen MR) is 59.5 cm³/mol. The summed E-state index contributed by atoms with van der Waals surface area (Å²) >= 11 is 0. The van der Waals surface area contributed by atoms with E-state index in [9.17, 15) is 0 Å². The van der Waals surface area contributed by atoms with Gasteiger partial charge >= 0.3 is 0 Å². The van der Waals surface area contributed by atoms with Gasteiger partial charge in [-0.05, 0) is 36.5 Å². The first kappa shape index (κ1) is 9.37. The van der Waals surface area contributed by atoms with E-state index in [-0.39, 0.29) is 11.5 Å². The summed E-state index contributed by atoms with van der Waals surface area (Å²) in [5.74, 6) is 0. The Morgan fingerprint density at radius 2 is 2.00 bits per heavy atom. The Morgan fingerprint density at radius 1 is 1.27 bits per heavy atom. The lowest BCUT2D eigenvalue weighted by atomic mass is 9.88. The van der Waals surface area contributed by atoms with Crippen molar-refractivity contribution in [1.82, 2.24) is 0 Å². The number of rotatable bonds is 2. The Hall–Kier alpha value is -0.860. The van der Waals surface area contributed by atoms with E-state index >= 15 is 0 Å². The zero-order chi connectivity index (χ0) is 10.5. The van der Waals surface area contributed by atoms with Crippen LogP contribution < -0.4 is 5.73 Å². The maximum atomic E-state index is 6.08. The standard InChI is InChI=1S/C13H17NO/c1-9(14)13(4-5-13)12-3-2-10-7-15-8-11(10)6-12/h2-3,6,9H,4-5,7-8,14H2,1H3. The second-order valence-electron chi connectivity index (χ2n) is 4.92. The van der Waals surface area contributed by atoms with E-state index in [4.69, 9.17) is 10.5 Å². The average molecular weight is 203 g/mol. The van der Waals surface area contributed by atoms with Crippen molar-refractivity contribution in [2.45, 2.75) is 44.4 Å². The van der Waals surface area contributed by atoms with Gasteiger partial charge in [-0.3, -0.25) is 0 Å². The summed E-state index contributed by atoms with van der Waals surface area (Å²) in [7, 11) is 0. The van der Waals surface area contributed by atoms with E-state index in [2.05, 4.69) is 25.1 Å². The van der Waals surface area contributed by atoms with Gasteiger partial charge in [0.15, 0.2) is 0 Å². The molecule has 1 aliphatic carbocycles. The summed E-state index contributed by atoms with van der Waals surface area (Å²) in [5, 5.41) is 0. The van der Waals surface area contributed by atoms with E-state index in [0.717, 1.165) is 13.2 Å². The highest BCUT2D eigenvalue weighted by molar-refractivity contribution is 5.40. The van der Waals surface area contributed by atoms with Crippen LogP contribution in [0.1, 0.15) is 36.5 Å². The van der Waals surface area contributed by atoms with Crippen molar-refractivity contribution in [3.63, 3.8) is 0 Å². The molecule has 1 saturated carbocycles. The Balaban J connectivity index is 2.00. The fourth-order valence-electron chi connectivity index (χ4n) is 2.62. The molecule has 1 fully saturated rings. The molecule has 2 heteroatoms. The number of nitrogens with two attached hydrogens (primary N) is 1. The average Bonchev–Trinajstić information content (AvgIpc) is 2.91. The Morgan fingerprint density at radius 3 is 2.67 bits per heavy atom. The maximum Gasteiger partial charge on any atom is 0.0725 e. The van der Waals surface area contributed by atoms with Gasteiger partial charge in [0.2, 0.25) is 0 Å². The van der Waals surface area contributed by atoms with Crippen LogP contribution in [0.2, 0.25) is 0 Å². The molecular formula is C13H17NO. The molecular weight excluding hydrogens is 186 g/mol. The van der Waals surface area contributed by atoms with Crippen LogP contribution in [0.15, 0.2) is 18.2 Å². The number of fused-ring (bicyclic) bond motifs is 1. The molecule has 2 nitrogen and oxygen atoms in total. The van der Waals surface area contributed by atoms with Crippen molar-refractivity contribution in [2.24, 2.45) is 5.73 Å². The van der Waals surface area contributed by atoms with E-state index in [1.807, 2.05) is 0 Å². The molecule has 3 rings (SSSR count). The monoisotopic (exact) mass is 203 g/mol. The quantitative estimate of drug-likeness (QED) is 0.798. The van der Waals surface area contributed by atoms with Crippen molar-refractivity contribution < 1.29 is 4.74 Å². The summed E-state index contributed by atoms with van der Waals surface area (Å²) in [6.45, 7) is 3.68. The van der Waals surface area contributed by atoms with E-state index in [1.165, 1.54) is 29.5 Å². The summed E-state index contributed by atoms with van der Waals surface area (Å²) in [5.41, 5.74) is 10.5. The van der Waals surface area contributed by atoms with Gasteiger partial charge in [-0.1, -0.05) is 18.2 Å². The van der Waals surface area contributed by atoms with Gasteiger partial charge in [0, 0.05) is 11.5 Å². The van der Waals surface area contributed by atoms with E-state index in [1.54, 1.807) is 0 Å². The SMILES string of the molecule is CC(N)C1(c2ccc3c(c2)COC3)CC1. The van der Waals surface area contributed by atoms with Gasteiger partial charge in [0.05, 0.1) is 13.2 Å². The first-order valence-corrected chi connectivity index (χ1v) is 5.68. The molecule has 0 bridgehead atoms. The highest BCUT2D eigenvalue weighted by atomic mass is 16.5. The normalized spacial score (nSPS) is 23.6. The van der Waals surface area contributed by atoms with Crippen LogP contribution in [0, 0.1) is 0 Å². The second-order valence-corrected chi connectivity index (χ2v) is 4.92. The molecule has 0 aromatic heterocycles. The molecule has 0 amide bonds. The van der Waals surface area contributed by atoms with E-state index < -0.39 is 0 Å². The molecule has 1 atom stereocenters. The molecule has 1 aromatic rings.